The van der Waals surface area contributed by atoms with E-state index in [4.69, 9.17) is 0 Å². The smallest absolute Gasteiger partial charge is 0.322 e. The number of aryl methyl sites for hydroxylation is 1. The van der Waals surface area contributed by atoms with Gasteiger partial charge in [-0.3, -0.25) is 14.9 Å². The van der Waals surface area contributed by atoms with Crippen LogP contribution in [0, 0.1) is 6.92 Å². The van der Waals surface area contributed by atoms with Crippen molar-refractivity contribution in [3.8, 4) is 0 Å². The van der Waals surface area contributed by atoms with Gasteiger partial charge in [-0.1, -0.05) is 12.1 Å². The van der Waals surface area contributed by atoms with Crippen LogP contribution in [-0.2, 0) is 9.59 Å². The minimum absolute atomic E-state index is 0.173. The predicted octanol–water partition coefficient (Wildman–Crippen LogP) is 0.922. The molecule has 1 saturated heterocycles. The molecule has 2 rings (SSSR count). The molecule has 6 nitrogen and oxygen atoms in total. The summed E-state index contributed by atoms with van der Waals surface area (Å²) in [6.45, 7) is 1.94. The molecule has 1 aromatic carbocycles. The molecular formula is C13H15N3O3. The van der Waals surface area contributed by atoms with Gasteiger partial charge in [-0.2, -0.15) is 0 Å². The molecule has 1 heterocycles. The summed E-state index contributed by atoms with van der Waals surface area (Å²) < 4.78 is 0. The minimum atomic E-state index is -0.615. The van der Waals surface area contributed by atoms with E-state index >= 15 is 0 Å². The quantitative estimate of drug-likeness (QED) is 0.704. The van der Waals surface area contributed by atoms with E-state index in [9.17, 15) is 14.4 Å². The second-order valence-corrected chi connectivity index (χ2v) is 4.47. The zero-order valence-electron chi connectivity index (χ0n) is 10.5. The van der Waals surface area contributed by atoms with Crippen molar-refractivity contribution in [1.29, 1.82) is 0 Å². The number of anilines is 1. The molecule has 0 saturated carbocycles. The summed E-state index contributed by atoms with van der Waals surface area (Å²) in [6.07, 6.45) is 0.460. The van der Waals surface area contributed by atoms with Gasteiger partial charge in [0, 0.05) is 12.1 Å². The third kappa shape index (κ3) is 3.54. The topological polar surface area (TPSA) is 87.3 Å². The van der Waals surface area contributed by atoms with Crippen LogP contribution < -0.4 is 16.0 Å². The first kappa shape index (κ1) is 13.1. The lowest BCUT2D eigenvalue weighted by Crippen LogP contribution is -2.30. The Morgan fingerprint density at radius 2 is 2.16 bits per heavy atom. The van der Waals surface area contributed by atoms with Crippen molar-refractivity contribution in [3.05, 3.63) is 29.8 Å². The van der Waals surface area contributed by atoms with Crippen molar-refractivity contribution < 1.29 is 14.4 Å². The van der Waals surface area contributed by atoms with Crippen molar-refractivity contribution in [1.82, 2.24) is 10.6 Å². The predicted molar refractivity (Wildman–Crippen MR) is 69.5 cm³/mol. The molecule has 0 aliphatic carbocycles. The van der Waals surface area contributed by atoms with Crippen LogP contribution in [0.1, 0.15) is 18.4 Å². The number of rotatable bonds is 4. The first-order chi connectivity index (χ1) is 9.04. The Hall–Kier alpha value is -2.37. The van der Waals surface area contributed by atoms with Crippen LogP contribution in [0.2, 0.25) is 0 Å². The van der Waals surface area contributed by atoms with Crippen LogP contribution in [0.4, 0.5) is 10.5 Å². The monoisotopic (exact) mass is 261 g/mol. The van der Waals surface area contributed by atoms with E-state index in [0.29, 0.717) is 0 Å². The lowest BCUT2D eigenvalue weighted by Gasteiger charge is -2.08. The fourth-order valence-corrected chi connectivity index (χ4v) is 1.88. The van der Waals surface area contributed by atoms with E-state index < -0.39 is 12.1 Å². The average Bonchev–Trinajstić information content (AvgIpc) is 2.65. The first-order valence-corrected chi connectivity index (χ1v) is 6.02. The van der Waals surface area contributed by atoms with Crippen molar-refractivity contribution in [2.45, 2.75) is 25.8 Å². The molecule has 3 N–H and O–H groups in total. The Morgan fingerprint density at radius 3 is 2.79 bits per heavy atom. The number of urea groups is 1. The molecule has 0 spiro atoms. The first-order valence-electron chi connectivity index (χ1n) is 6.02. The Balaban J connectivity index is 1.82. The maximum absolute atomic E-state index is 11.7. The molecule has 1 unspecified atom stereocenters. The zero-order valence-corrected chi connectivity index (χ0v) is 10.5. The van der Waals surface area contributed by atoms with E-state index in [2.05, 4.69) is 16.0 Å². The number of carbonyl (C=O) groups excluding carboxylic acids is 3. The van der Waals surface area contributed by atoms with Crippen molar-refractivity contribution in [2.75, 3.05) is 5.32 Å². The molecule has 0 bridgehead atoms. The van der Waals surface area contributed by atoms with Gasteiger partial charge >= 0.3 is 6.03 Å². The summed E-state index contributed by atoms with van der Waals surface area (Å²) in [7, 11) is 0. The number of benzene rings is 1. The highest BCUT2D eigenvalue weighted by Crippen LogP contribution is 2.11. The Morgan fingerprint density at radius 1 is 1.37 bits per heavy atom. The van der Waals surface area contributed by atoms with Crippen molar-refractivity contribution in [3.63, 3.8) is 0 Å². The van der Waals surface area contributed by atoms with E-state index in [1.165, 1.54) is 0 Å². The molecule has 1 atom stereocenters. The summed E-state index contributed by atoms with van der Waals surface area (Å²) >= 11 is 0. The molecule has 0 aromatic heterocycles. The molecule has 1 aliphatic heterocycles. The van der Waals surface area contributed by atoms with Gasteiger partial charge in [0.15, 0.2) is 0 Å². The lowest BCUT2D eigenvalue weighted by atomic mass is 10.1. The highest BCUT2D eigenvalue weighted by molar-refractivity contribution is 6.04. The molecule has 19 heavy (non-hydrogen) atoms. The molecule has 4 amide bonds. The number of hydrogen-bond acceptors (Lipinski definition) is 3. The molecule has 0 radical (unpaired) electrons. The number of carbonyl (C=O) groups is 3. The maximum Gasteiger partial charge on any atom is 0.322 e. The van der Waals surface area contributed by atoms with Crippen LogP contribution in [0.25, 0.3) is 0 Å². The molecule has 6 heteroatoms. The minimum Gasteiger partial charge on any atom is -0.326 e. The van der Waals surface area contributed by atoms with Crippen molar-refractivity contribution >= 4 is 23.5 Å². The van der Waals surface area contributed by atoms with Gasteiger partial charge < -0.3 is 10.6 Å². The summed E-state index contributed by atoms with van der Waals surface area (Å²) in [6, 6.07) is 6.34. The van der Waals surface area contributed by atoms with Gasteiger partial charge in [0.05, 0.1) is 0 Å². The fraction of sp³-hybridized carbons (Fsp3) is 0.308. The van der Waals surface area contributed by atoms with E-state index in [-0.39, 0.29) is 24.7 Å². The van der Waals surface area contributed by atoms with E-state index in [1.807, 2.05) is 25.1 Å². The van der Waals surface area contributed by atoms with Gasteiger partial charge in [0.1, 0.15) is 6.04 Å². The van der Waals surface area contributed by atoms with Crippen LogP contribution in [0.3, 0.4) is 0 Å². The summed E-state index contributed by atoms with van der Waals surface area (Å²) in [4.78, 5) is 33.9. The van der Waals surface area contributed by atoms with Gasteiger partial charge in [-0.25, -0.2) is 4.79 Å². The van der Waals surface area contributed by atoms with E-state index in [0.717, 1.165) is 11.3 Å². The van der Waals surface area contributed by atoms with Crippen LogP contribution >= 0.6 is 0 Å². The van der Waals surface area contributed by atoms with Crippen LogP contribution in [0.15, 0.2) is 24.3 Å². The van der Waals surface area contributed by atoms with Crippen LogP contribution in [0.5, 0.6) is 0 Å². The number of nitrogens with one attached hydrogen (secondary N) is 3. The summed E-state index contributed by atoms with van der Waals surface area (Å²) in [5.74, 6) is -0.562. The third-order valence-corrected chi connectivity index (χ3v) is 2.82. The standard InChI is InChI=1S/C13H15N3O3/c1-8-3-2-4-9(7-8)14-11(17)6-5-10-12(18)16-13(19)15-10/h2-4,7,10H,5-6H2,1H3,(H,14,17)(H2,15,16,18,19). The maximum atomic E-state index is 11.7. The average molecular weight is 261 g/mol. The molecule has 1 aliphatic rings. The number of amides is 4. The second kappa shape index (κ2) is 5.51. The van der Waals surface area contributed by atoms with E-state index in [1.54, 1.807) is 6.07 Å². The summed E-state index contributed by atoms with van der Waals surface area (Å²) in [5.41, 5.74) is 1.78. The Kier molecular flexibility index (Phi) is 3.79. The Bertz CT molecular complexity index is 528. The zero-order chi connectivity index (χ0) is 13.8. The second-order valence-electron chi connectivity index (χ2n) is 4.47. The largest absolute Gasteiger partial charge is 0.326 e. The number of imide groups is 1. The molecule has 1 fully saturated rings. The lowest BCUT2D eigenvalue weighted by molar-refractivity contribution is -0.120. The normalized spacial score (nSPS) is 17.8. The highest BCUT2D eigenvalue weighted by Gasteiger charge is 2.29. The van der Waals surface area contributed by atoms with Gasteiger partial charge in [-0.15, -0.1) is 0 Å². The van der Waals surface area contributed by atoms with Gasteiger partial charge in [0.25, 0.3) is 5.91 Å². The van der Waals surface area contributed by atoms with Gasteiger partial charge in [-0.05, 0) is 31.0 Å². The SMILES string of the molecule is Cc1cccc(NC(=O)CCC2NC(=O)NC2=O)c1. The molecule has 1 aromatic rings. The molecule has 100 valence electrons. The van der Waals surface area contributed by atoms with Gasteiger partial charge in [0.2, 0.25) is 5.91 Å². The number of hydrogen-bond donors (Lipinski definition) is 3. The summed E-state index contributed by atoms with van der Waals surface area (Å²) in [5, 5.41) is 7.33. The van der Waals surface area contributed by atoms with Crippen molar-refractivity contribution in [2.24, 2.45) is 0 Å². The molecular weight excluding hydrogens is 246 g/mol. The Labute approximate surface area is 110 Å². The fourth-order valence-electron chi connectivity index (χ4n) is 1.88. The third-order valence-electron chi connectivity index (χ3n) is 2.82. The highest BCUT2D eigenvalue weighted by atomic mass is 16.2. The van der Waals surface area contributed by atoms with Crippen LogP contribution in [-0.4, -0.2) is 23.9 Å².